The van der Waals surface area contributed by atoms with Crippen molar-refractivity contribution in [3.8, 4) is 0 Å². The van der Waals surface area contributed by atoms with Crippen molar-refractivity contribution in [2.45, 2.75) is 23.8 Å². The number of sulfonamides is 1. The number of hydrogen-bond acceptors (Lipinski definition) is 4. The fourth-order valence-electron chi connectivity index (χ4n) is 3.47. The van der Waals surface area contributed by atoms with Crippen LogP contribution in [-0.2, 0) is 10.0 Å². The predicted molar refractivity (Wildman–Crippen MR) is 104 cm³/mol. The molecule has 140 valence electrons. The van der Waals surface area contributed by atoms with Crippen molar-refractivity contribution in [3.05, 3.63) is 70.2 Å². The highest BCUT2D eigenvalue weighted by Crippen LogP contribution is 2.26. The molecule has 8 heteroatoms. The van der Waals surface area contributed by atoms with Crippen molar-refractivity contribution in [2.75, 3.05) is 13.1 Å². The lowest BCUT2D eigenvalue weighted by Gasteiger charge is -2.32. The molecule has 1 saturated heterocycles. The van der Waals surface area contributed by atoms with E-state index < -0.39 is 10.0 Å². The van der Waals surface area contributed by atoms with E-state index in [2.05, 4.69) is 4.98 Å². The van der Waals surface area contributed by atoms with Crippen LogP contribution in [0.15, 0.2) is 64.5 Å². The summed E-state index contributed by atoms with van der Waals surface area (Å²) in [6, 6.07) is 13.4. The highest BCUT2D eigenvalue weighted by Gasteiger charge is 2.30. The van der Waals surface area contributed by atoms with Crippen LogP contribution in [0, 0.1) is 0 Å². The minimum absolute atomic E-state index is 0.0766. The molecule has 0 bridgehead atoms. The summed E-state index contributed by atoms with van der Waals surface area (Å²) in [6.07, 6.45) is 2.66. The fraction of sp³-hybridized carbons (Fsp3) is 0.263. The van der Waals surface area contributed by atoms with Crippen molar-refractivity contribution in [1.29, 1.82) is 0 Å². The maximum Gasteiger partial charge on any atom is 0.261 e. The lowest BCUT2D eigenvalue weighted by Crippen LogP contribution is -2.40. The molecule has 0 radical (unpaired) electrons. The van der Waals surface area contributed by atoms with Crippen LogP contribution < -0.4 is 5.56 Å². The number of aromatic nitrogens is 2. The van der Waals surface area contributed by atoms with Gasteiger partial charge in [-0.05, 0) is 43.2 Å². The van der Waals surface area contributed by atoms with E-state index >= 15 is 0 Å². The smallest absolute Gasteiger partial charge is 0.261 e. The summed E-state index contributed by atoms with van der Waals surface area (Å²) < 4.78 is 28.6. The third-order valence-corrected chi connectivity index (χ3v) is 7.09. The normalized spacial score (nSPS) is 16.6. The van der Waals surface area contributed by atoms with Crippen LogP contribution in [0.25, 0.3) is 10.9 Å². The molecule has 0 N–H and O–H groups in total. The number of hydrogen-bond donors (Lipinski definition) is 0. The molecule has 27 heavy (non-hydrogen) atoms. The average molecular weight is 404 g/mol. The van der Waals surface area contributed by atoms with E-state index in [1.807, 2.05) is 0 Å². The molecule has 3 aromatic rings. The summed E-state index contributed by atoms with van der Waals surface area (Å²) in [4.78, 5) is 17.4. The van der Waals surface area contributed by atoms with Crippen molar-refractivity contribution < 1.29 is 8.42 Å². The Kier molecular flexibility index (Phi) is 4.75. The maximum absolute atomic E-state index is 12.8. The molecule has 2 heterocycles. The highest BCUT2D eigenvalue weighted by atomic mass is 35.5. The molecule has 4 rings (SSSR count). The van der Waals surface area contributed by atoms with E-state index in [4.69, 9.17) is 11.6 Å². The lowest BCUT2D eigenvalue weighted by molar-refractivity contribution is 0.269. The van der Waals surface area contributed by atoms with Crippen LogP contribution >= 0.6 is 11.6 Å². The zero-order chi connectivity index (χ0) is 19.0. The number of fused-ring (bicyclic) bond motifs is 1. The van der Waals surface area contributed by atoms with Gasteiger partial charge in [0, 0.05) is 24.2 Å². The Morgan fingerprint density at radius 3 is 2.44 bits per heavy atom. The summed E-state index contributed by atoms with van der Waals surface area (Å²) in [7, 11) is -3.50. The van der Waals surface area contributed by atoms with Crippen LogP contribution in [0.3, 0.4) is 0 Å². The molecule has 2 aromatic carbocycles. The van der Waals surface area contributed by atoms with E-state index in [1.165, 1.54) is 10.6 Å². The first kappa shape index (κ1) is 18.2. The second kappa shape index (κ2) is 7.07. The van der Waals surface area contributed by atoms with Crippen molar-refractivity contribution in [2.24, 2.45) is 0 Å². The van der Waals surface area contributed by atoms with Crippen molar-refractivity contribution in [3.63, 3.8) is 0 Å². The minimum atomic E-state index is -3.50. The number of piperidine rings is 1. The molecule has 0 atom stereocenters. The van der Waals surface area contributed by atoms with Gasteiger partial charge in [0.2, 0.25) is 10.0 Å². The Hall–Kier alpha value is -2.22. The Morgan fingerprint density at radius 2 is 1.74 bits per heavy atom. The van der Waals surface area contributed by atoms with E-state index in [-0.39, 0.29) is 11.6 Å². The average Bonchev–Trinajstić information content (AvgIpc) is 2.69. The first-order valence-electron chi connectivity index (χ1n) is 8.68. The van der Waals surface area contributed by atoms with Crippen LogP contribution in [0.2, 0.25) is 5.02 Å². The minimum Gasteiger partial charge on any atom is -0.296 e. The monoisotopic (exact) mass is 403 g/mol. The zero-order valence-corrected chi connectivity index (χ0v) is 16.0. The third kappa shape index (κ3) is 3.38. The van der Waals surface area contributed by atoms with Crippen molar-refractivity contribution in [1.82, 2.24) is 13.9 Å². The molecular formula is C19H18ClN3O3S. The molecular weight excluding hydrogens is 386 g/mol. The number of benzene rings is 2. The van der Waals surface area contributed by atoms with Gasteiger partial charge in [0.05, 0.1) is 22.1 Å². The molecule has 1 fully saturated rings. The number of rotatable bonds is 3. The van der Waals surface area contributed by atoms with E-state index in [0.717, 1.165) is 0 Å². The van der Waals surface area contributed by atoms with E-state index in [9.17, 15) is 13.2 Å². The topological polar surface area (TPSA) is 72.3 Å². The first-order chi connectivity index (χ1) is 13.0. The maximum atomic E-state index is 12.8. The first-order valence-corrected chi connectivity index (χ1v) is 10.5. The number of halogens is 1. The molecule has 0 amide bonds. The van der Waals surface area contributed by atoms with E-state index in [1.54, 1.807) is 53.1 Å². The summed E-state index contributed by atoms with van der Waals surface area (Å²) >= 11 is 5.96. The molecule has 6 nitrogen and oxygen atoms in total. The van der Waals surface area contributed by atoms with Gasteiger partial charge in [-0.15, -0.1) is 0 Å². The Morgan fingerprint density at radius 1 is 1.04 bits per heavy atom. The van der Waals surface area contributed by atoms with E-state index in [0.29, 0.717) is 46.8 Å². The molecule has 0 spiro atoms. The van der Waals surface area contributed by atoms with Gasteiger partial charge in [0.25, 0.3) is 5.56 Å². The van der Waals surface area contributed by atoms with Crippen LogP contribution in [0.1, 0.15) is 18.9 Å². The summed E-state index contributed by atoms with van der Waals surface area (Å²) in [5, 5.41) is 1.05. The summed E-state index contributed by atoms with van der Waals surface area (Å²) in [5.74, 6) is 0. The van der Waals surface area contributed by atoms with Crippen LogP contribution in [0.4, 0.5) is 0 Å². The van der Waals surface area contributed by atoms with Gasteiger partial charge in [-0.3, -0.25) is 9.36 Å². The van der Waals surface area contributed by atoms with Gasteiger partial charge in [-0.2, -0.15) is 4.31 Å². The molecule has 0 saturated carbocycles. The Balaban J connectivity index is 1.56. The standard InChI is InChI=1S/C19H18ClN3O3S/c20-14-6-7-17-18(12-14)21-13-23(19(17)24)15-8-10-22(11-9-15)27(25,26)16-4-2-1-3-5-16/h1-7,12-13,15H,8-11H2. The van der Waals surface area contributed by atoms with Gasteiger partial charge in [0.1, 0.15) is 0 Å². The molecule has 1 aliphatic heterocycles. The molecule has 1 aliphatic rings. The van der Waals surface area contributed by atoms with Crippen LogP contribution in [0.5, 0.6) is 0 Å². The van der Waals surface area contributed by atoms with Gasteiger partial charge in [-0.25, -0.2) is 13.4 Å². The summed E-state index contributed by atoms with van der Waals surface area (Å²) in [6.45, 7) is 0.736. The molecule has 0 unspecified atom stereocenters. The highest BCUT2D eigenvalue weighted by molar-refractivity contribution is 7.89. The predicted octanol–water partition coefficient (Wildman–Crippen LogP) is 3.08. The largest absolute Gasteiger partial charge is 0.296 e. The van der Waals surface area contributed by atoms with Gasteiger partial charge in [-0.1, -0.05) is 29.8 Å². The fourth-order valence-corrected chi connectivity index (χ4v) is 5.13. The second-order valence-corrected chi connectivity index (χ2v) is 8.94. The van der Waals surface area contributed by atoms with Crippen molar-refractivity contribution >= 4 is 32.5 Å². The van der Waals surface area contributed by atoms with Crippen LogP contribution in [-0.4, -0.2) is 35.4 Å². The molecule has 1 aromatic heterocycles. The van der Waals surface area contributed by atoms with Gasteiger partial charge in [0.15, 0.2) is 0 Å². The SMILES string of the molecule is O=c1c2ccc(Cl)cc2ncn1C1CCN(S(=O)(=O)c2ccccc2)CC1. The Labute approximate surface area is 162 Å². The zero-order valence-electron chi connectivity index (χ0n) is 14.5. The van der Waals surface area contributed by atoms with Gasteiger partial charge >= 0.3 is 0 Å². The molecule has 0 aliphatic carbocycles. The number of nitrogens with zero attached hydrogens (tertiary/aromatic N) is 3. The third-order valence-electron chi connectivity index (χ3n) is 4.94. The summed E-state index contributed by atoms with van der Waals surface area (Å²) in [5.41, 5.74) is 0.439. The quantitative estimate of drug-likeness (QED) is 0.673. The Bertz CT molecular complexity index is 1140. The lowest BCUT2D eigenvalue weighted by atomic mass is 10.1. The second-order valence-electron chi connectivity index (χ2n) is 6.57. The van der Waals surface area contributed by atoms with Gasteiger partial charge < -0.3 is 0 Å².